The third-order valence-corrected chi connectivity index (χ3v) is 5.54. The fourth-order valence-electron chi connectivity index (χ4n) is 3.63. The first kappa shape index (κ1) is 18.6. The van der Waals surface area contributed by atoms with Gasteiger partial charge in [0.1, 0.15) is 0 Å². The third kappa shape index (κ3) is 3.27. The second kappa shape index (κ2) is 6.68. The van der Waals surface area contributed by atoms with Gasteiger partial charge in [-0.15, -0.1) is 10.2 Å². The monoisotopic (exact) mass is 381 g/mol. The number of carbonyl (C=O) groups is 1. The highest BCUT2D eigenvalue weighted by atomic mass is 16.2. The van der Waals surface area contributed by atoms with Crippen LogP contribution in [0.5, 0.6) is 0 Å². The van der Waals surface area contributed by atoms with Crippen molar-refractivity contribution in [2.75, 3.05) is 13.1 Å². The number of carbonyl (C=O) groups excluding carboxylic acids is 1. The predicted molar refractivity (Wildman–Crippen MR) is 105 cm³/mol. The topological polar surface area (TPSA) is 81.2 Å². The number of amides is 1. The van der Waals surface area contributed by atoms with Crippen LogP contribution in [0.15, 0.2) is 18.2 Å². The molecule has 1 amide bonds. The zero-order chi connectivity index (χ0) is 20.1. The molecule has 0 aliphatic carbocycles. The Hall–Kier alpha value is -2.77. The molecule has 8 nitrogen and oxygen atoms in total. The summed E-state index contributed by atoms with van der Waals surface area (Å²) in [5.74, 6) is 1.13. The van der Waals surface area contributed by atoms with Gasteiger partial charge in [0.15, 0.2) is 17.2 Å². The van der Waals surface area contributed by atoms with Crippen molar-refractivity contribution in [1.29, 1.82) is 0 Å². The Balaban J connectivity index is 1.51. The van der Waals surface area contributed by atoms with Crippen molar-refractivity contribution in [3.8, 4) is 0 Å². The van der Waals surface area contributed by atoms with E-state index in [1.807, 2.05) is 41.6 Å². The minimum absolute atomic E-state index is 0.00129. The van der Waals surface area contributed by atoms with Crippen molar-refractivity contribution in [2.45, 2.75) is 51.9 Å². The van der Waals surface area contributed by atoms with Gasteiger partial charge in [0.05, 0.1) is 5.69 Å². The zero-order valence-corrected chi connectivity index (χ0v) is 17.2. The molecule has 0 unspecified atom stereocenters. The summed E-state index contributed by atoms with van der Waals surface area (Å²) in [5.41, 5.74) is 3.24. The number of aromatic nitrogens is 6. The van der Waals surface area contributed by atoms with E-state index in [1.54, 1.807) is 4.68 Å². The molecule has 8 heteroatoms. The van der Waals surface area contributed by atoms with Crippen LogP contribution in [0.25, 0.3) is 5.65 Å². The normalized spacial score (nSPS) is 16.1. The molecule has 0 spiro atoms. The lowest BCUT2D eigenvalue weighted by atomic mass is 9.92. The molecule has 148 valence electrons. The van der Waals surface area contributed by atoms with Crippen LogP contribution in [-0.2, 0) is 12.5 Å². The first-order chi connectivity index (χ1) is 13.2. The van der Waals surface area contributed by atoms with Crippen molar-refractivity contribution in [3.63, 3.8) is 0 Å². The van der Waals surface area contributed by atoms with Crippen LogP contribution in [0.1, 0.15) is 67.2 Å². The number of piperidine rings is 1. The first-order valence-electron chi connectivity index (χ1n) is 9.77. The van der Waals surface area contributed by atoms with E-state index < -0.39 is 0 Å². The summed E-state index contributed by atoms with van der Waals surface area (Å²) in [5, 5.41) is 17.8. The smallest absolute Gasteiger partial charge is 0.274 e. The Kier molecular flexibility index (Phi) is 4.44. The minimum atomic E-state index is -0.0354. The molecule has 4 rings (SSSR count). The molecule has 4 heterocycles. The summed E-state index contributed by atoms with van der Waals surface area (Å²) < 4.78 is 3.62. The van der Waals surface area contributed by atoms with Crippen LogP contribution >= 0.6 is 0 Å². The van der Waals surface area contributed by atoms with Gasteiger partial charge in [-0.25, -0.2) is 0 Å². The highest BCUT2D eigenvalue weighted by Gasteiger charge is 2.29. The molecule has 1 aliphatic heterocycles. The van der Waals surface area contributed by atoms with E-state index in [4.69, 9.17) is 5.10 Å². The van der Waals surface area contributed by atoms with Gasteiger partial charge in [0, 0.05) is 37.2 Å². The summed E-state index contributed by atoms with van der Waals surface area (Å²) in [4.78, 5) is 14.6. The summed E-state index contributed by atoms with van der Waals surface area (Å²) in [6.45, 7) is 9.77. The Morgan fingerprint density at radius 3 is 2.43 bits per heavy atom. The maximum absolute atomic E-state index is 12.7. The molecule has 0 bridgehead atoms. The van der Waals surface area contributed by atoms with Crippen LogP contribution in [0.3, 0.4) is 0 Å². The predicted octanol–water partition coefficient (Wildman–Crippen LogP) is 2.48. The van der Waals surface area contributed by atoms with Crippen molar-refractivity contribution in [1.82, 2.24) is 34.5 Å². The Bertz CT molecular complexity index is 1000. The summed E-state index contributed by atoms with van der Waals surface area (Å²) in [6, 6.07) is 5.84. The fraction of sp³-hybridized carbons (Fsp3) is 0.550. The number of fused-ring (bicyclic) bond motifs is 1. The Morgan fingerprint density at radius 1 is 1.11 bits per heavy atom. The second-order valence-corrected chi connectivity index (χ2v) is 8.66. The van der Waals surface area contributed by atoms with Crippen LogP contribution < -0.4 is 0 Å². The molecule has 0 saturated carbocycles. The summed E-state index contributed by atoms with van der Waals surface area (Å²) in [7, 11) is 1.85. The molecule has 1 fully saturated rings. The largest absolute Gasteiger partial charge is 0.337 e. The summed E-state index contributed by atoms with van der Waals surface area (Å²) >= 11 is 0. The van der Waals surface area contributed by atoms with E-state index in [2.05, 4.69) is 36.1 Å². The van der Waals surface area contributed by atoms with Crippen LogP contribution in [-0.4, -0.2) is 53.5 Å². The molecular weight excluding hydrogens is 354 g/mol. The second-order valence-electron chi connectivity index (χ2n) is 8.66. The number of rotatable bonds is 2. The van der Waals surface area contributed by atoms with E-state index in [-0.39, 0.29) is 17.2 Å². The molecule has 1 saturated heterocycles. The Labute approximate surface area is 164 Å². The average molecular weight is 381 g/mol. The molecule has 0 aromatic carbocycles. The van der Waals surface area contributed by atoms with Gasteiger partial charge in [0.25, 0.3) is 5.91 Å². The highest BCUT2D eigenvalue weighted by Crippen LogP contribution is 2.28. The van der Waals surface area contributed by atoms with E-state index in [9.17, 15) is 4.79 Å². The minimum Gasteiger partial charge on any atom is -0.337 e. The number of aryl methyl sites for hydroxylation is 2. The highest BCUT2D eigenvalue weighted by molar-refractivity contribution is 5.92. The van der Waals surface area contributed by atoms with Gasteiger partial charge in [0.2, 0.25) is 0 Å². The number of likely N-dealkylation sites (tertiary alicyclic amines) is 1. The zero-order valence-electron chi connectivity index (χ0n) is 17.2. The van der Waals surface area contributed by atoms with Gasteiger partial charge in [-0.05, 0) is 38.0 Å². The maximum Gasteiger partial charge on any atom is 0.274 e. The van der Waals surface area contributed by atoms with Crippen LogP contribution in [0.4, 0.5) is 0 Å². The maximum atomic E-state index is 12.7. The van der Waals surface area contributed by atoms with Gasteiger partial charge >= 0.3 is 0 Å². The number of nitrogens with zero attached hydrogens (tertiary/aromatic N) is 7. The van der Waals surface area contributed by atoms with E-state index in [0.717, 1.165) is 35.7 Å². The van der Waals surface area contributed by atoms with E-state index in [0.29, 0.717) is 18.8 Å². The van der Waals surface area contributed by atoms with Crippen molar-refractivity contribution in [2.24, 2.45) is 7.05 Å². The fourth-order valence-corrected chi connectivity index (χ4v) is 3.63. The van der Waals surface area contributed by atoms with Crippen molar-refractivity contribution >= 4 is 11.6 Å². The quantitative estimate of drug-likeness (QED) is 0.681. The summed E-state index contributed by atoms with van der Waals surface area (Å²) in [6.07, 6.45) is 1.69. The van der Waals surface area contributed by atoms with Gasteiger partial charge < -0.3 is 4.90 Å². The van der Waals surface area contributed by atoms with Crippen molar-refractivity contribution < 1.29 is 4.79 Å². The van der Waals surface area contributed by atoms with Crippen LogP contribution in [0, 0.1) is 6.92 Å². The molecule has 1 aliphatic rings. The molecular formula is C20H27N7O. The number of hydrogen-bond acceptors (Lipinski definition) is 5. The number of hydrogen-bond donors (Lipinski definition) is 0. The SMILES string of the molecule is Cc1cc(C(=O)N2CCC(c3nnc4ccc(C(C)(C)C)nn34)CC2)nn1C. The molecule has 3 aromatic heterocycles. The lowest BCUT2D eigenvalue weighted by Gasteiger charge is -2.30. The van der Waals surface area contributed by atoms with Gasteiger partial charge in [-0.3, -0.25) is 9.48 Å². The lowest BCUT2D eigenvalue weighted by molar-refractivity contribution is 0.0704. The van der Waals surface area contributed by atoms with Crippen molar-refractivity contribution in [3.05, 3.63) is 41.1 Å². The lowest BCUT2D eigenvalue weighted by Crippen LogP contribution is -2.38. The molecule has 28 heavy (non-hydrogen) atoms. The van der Waals surface area contributed by atoms with Gasteiger partial charge in [-0.2, -0.15) is 14.7 Å². The first-order valence-corrected chi connectivity index (χ1v) is 9.77. The van der Waals surface area contributed by atoms with E-state index in [1.165, 1.54) is 0 Å². The standard InChI is InChI=1S/C20H27N7O/c1-13-12-15(23-25(13)5)19(28)26-10-8-14(9-11-26)18-22-21-17-7-6-16(20(2,3)4)24-27(17)18/h6-7,12,14H,8-11H2,1-5H3. The third-order valence-electron chi connectivity index (χ3n) is 5.54. The van der Waals surface area contributed by atoms with Gasteiger partial charge in [-0.1, -0.05) is 20.8 Å². The Morgan fingerprint density at radius 2 is 1.82 bits per heavy atom. The molecule has 0 radical (unpaired) electrons. The average Bonchev–Trinajstić information content (AvgIpc) is 3.23. The van der Waals surface area contributed by atoms with E-state index >= 15 is 0 Å². The van der Waals surface area contributed by atoms with Crippen LogP contribution in [0.2, 0.25) is 0 Å². The molecule has 3 aromatic rings. The molecule has 0 N–H and O–H groups in total. The molecule has 0 atom stereocenters.